The Labute approximate surface area is 261 Å². The number of halogens is 2. The fourth-order valence-corrected chi connectivity index (χ4v) is 27.1. The van der Waals surface area contributed by atoms with Crippen molar-refractivity contribution < 1.29 is 0 Å². The van der Waals surface area contributed by atoms with E-state index < -0.39 is 21.2 Å². The lowest BCUT2D eigenvalue weighted by Crippen LogP contribution is -2.45. The molecule has 0 bridgehead atoms. The van der Waals surface area contributed by atoms with Crippen molar-refractivity contribution in [1.29, 1.82) is 0 Å². The largest absolute Gasteiger partial charge is 0.240 e. The summed E-state index contributed by atoms with van der Waals surface area (Å²) < 4.78 is 0. The second kappa shape index (κ2) is 13.2. The Kier molecular flexibility index (Phi) is 9.22. The first-order valence-electron chi connectivity index (χ1n) is 13.9. The predicted molar refractivity (Wildman–Crippen MR) is 193 cm³/mol. The van der Waals surface area contributed by atoms with E-state index in [0.717, 1.165) is 0 Å². The summed E-state index contributed by atoms with van der Waals surface area (Å²) in [5.74, 6) is 0. The van der Waals surface area contributed by atoms with Crippen LogP contribution >= 0.6 is 43.6 Å². The van der Waals surface area contributed by atoms with Crippen LogP contribution in [0.15, 0.2) is 182 Å². The monoisotopic (exact) mass is 638 g/mol. The Hall–Kier alpha value is -2.81. The van der Waals surface area contributed by atoms with Crippen LogP contribution in [0.5, 0.6) is 0 Å². The average Bonchev–Trinajstić information content (AvgIpc) is 3.07. The molecule has 0 aliphatic carbocycles. The molecule has 0 aliphatic rings. The van der Waals surface area contributed by atoms with E-state index in [4.69, 9.17) is 22.5 Å². The molecule has 0 saturated heterocycles. The average molecular weight is 639 g/mol. The minimum atomic E-state index is -2.52. The molecule has 0 saturated carbocycles. The van der Waals surface area contributed by atoms with E-state index in [9.17, 15) is 0 Å². The highest BCUT2D eigenvalue weighted by Crippen LogP contribution is 2.87. The summed E-state index contributed by atoms with van der Waals surface area (Å²) in [5, 5.41) is 7.60. The molecule has 42 heavy (non-hydrogen) atoms. The van der Waals surface area contributed by atoms with Crippen molar-refractivity contribution in [3.8, 4) is 0 Å². The van der Waals surface area contributed by atoms with Crippen LogP contribution in [0.1, 0.15) is 0 Å². The lowest BCUT2D eigenvalue weighted by molar-refractivity contribution is 1.65. The van der Waals surface area contributed by atoms with Crippen molar-refractivity contribution >= 4 is 75.5 Å². The molecule has 0 unspecified atom stereocenters. The highest BCUT2D eigenvalue weighted by Gasteiger charge is 2.71. The van der Waals surface area contributed by atoms with Crippen LogP contribution in [0, 0.1) is 0 Å². The van der Waals surface area contributed by atoms with Gasteiger partial charge in [-0.2, -0.15) is 0 Å². The fraction of sp³-hybridized carbons (Fsp3) is 0.0270. The van der Waals surface area contributed by atoms with Crippen LogP contribution in [-0.2, 0) is 0 Å². The van der Waals surface area contributed by atoms with Gasteiger partial charge in [0, 0.05) is 0 Å². The summed E-state index contributed by atoms with van der Waals surface area (Å²) in [6.07, 6.45) is 0. The van der Waals surface area contributed by atoms with E-state index in [2.05, 4.69) is 182 Å². The molecule has 6 aromatic carbocycles. The van der Waals surface area contributed by atoms with Crippen LogP contribution in [0.4, 0.5) is 0 Å². The summed E-state index contributed by atoms with van der Waals surface area (Å²) in [5.41, 5.74) is 0. The standard InChI is InChI=1S/C37H31Cl2P3/c38-40(39)37(41(31-19-7-1-8-20-31,32-21-9-2-10-22-32)33-23-11-3-12-24-33)42(34-25-13-4-14-26-34,35-27-15-5-16-28-35)36-29-17-6-18-30-36/h1-30,37H/q+2. The summed E-state index contributed by atoms with van der Waals surface area (Å²) in [4.78, 5) is 0. The minimum Gasteiger partial charge on any atom is -0.0692 e. The summed E-state index contributed by atoms with van der Waals surface area (Å²) >= 11 is 15.2. The zero-order chi connectivity index (χ0) is 28.8. The quantitative estimate of drug-likeness (QED) is 0.139. The van der Waals surface area contributed by atoms with E-state index in [0.29, 0.717) is 0 Å². The third-order valence-electron chi connectivity index (χ3n) is 7.85. The van der Waals surface area contributed by atoms with E-state index in [1.165, 1.54) is 31.8 Å². The van der Waals surface area contributed by atoms with Crippen molar-refractivity contribution in [3.63, 3.8) is 0 Å². The van der Waals surface area contributed by atoms with Gasteiger partial charge >= 0.3 is 0 Å². The molecule has 5 heteroatoms. The van der Waals surface area contributed by atoms with Crippen molar-refractivity contribution in [2.45, 2.75) is 5.14 Å². The number of hydrogen-bond donors (Lipinski definition) is 0. The first kappa shape index (κ1) is 29.3. The van der Waals surface area contributed by atoms with E-state index >= 15 is 0 Å². The lowest BCUT2D eigenvalue weighted by atomic mass is 10.4. The molecular weight excluding hydrogens is 608 g/mol. The van der Waals surface area contributed by atoms with Crippen molar-refractivity contribution in [1.82, 2.24) is 0 Å². The number of rotatable bonds is 9. The first-order valence-corrected chi connectivity index (χ1v) is 20.9. The molecular formula is C37H31Cl2P3+2. The minimum absolute atomic E-state index is 0.109. The van der Waals surface area contributed by atoms with Gasteiger partial charge < -0.3 is 0 Å². The molecule has 6 rings (SSSR count). The third-order valence-corrected chi connectivity index (χ3v) is 24.6. The van der Waals surface area contributed by atoms with Crippen LogP contribution in [-0.4, -0.2) is 5.14 Å². The van der Waals surface area contributed by atoms with E-state index in [1.807, 2.05) is 0 Å². The van der Waals surface area contributed by atoms with Gasteiger partial charge in [0.05, 0.1) is 0 Å². The molecule has 206 valence electrons. The van der Waals surface area contributed by atoms with Gasteiger partial charge in [-0.25, -0.2) is 0 Å². The summed E-state index contributed by atoms with van der Waals surface area (Å²) in [7, 11) is -5.05. The van der Waals surface area contributed by atoms with Gasteiger partial charge in [-0.05, 0) is 72.8 Å². The van der Waals surface area contributed by atoms with Crippen molar-refractivity contribution in [3.05, 3.63) is 182 Å². The molecule has 0 radical (unpaired) electrons. The van der Waals surface area contributed by atoms with Crippen LogP contribution in [0.3, 0.4) is 0 Å². The second-order valence-electron chi connectivity index (χ2n) is 10.1. The van der Waals surface area contributed by atoms with E-state index in [-0.39, 0.29) is 5.14 Å². The van der Waals surface area contributed by atoms with Crippen molar-refractivity contribution in [2.75, 3.05) is 0 Å². The maximum atomic E-state index is 7.60. The Morgan fingerprint density at radius 1 is 0.310 bits per heavy atom. The first-order chi connectivity index (χ1) is 20.7. The number of hydrogen-bond acceptors (Lipinski definition) is 0. The maximum absolute atomic E-state index is 7.60. The van der Waals surface area contributed by atoms with Gasteiger partial charge in [0.25, 0.3) is 0 Å². The van der Waals surface area contributed by atoms with Gasteiger partial charge in [-0.3, -0.25) is 0 Å². The Bertz CT molecular complexity index is 1360. The van der Waals surface area contributed by atoms with Gasteiger partial charge in [-0.1, -0.05) is 132 Å². The molecule has 0 fully saturated rings. The molecule has 0 nitrogen and oxygen atoms in total. The molecule has 0 heterocycles. The molecule has 0 spiro atoms. The second-order valence-corrected chi connectivity index (χ2v) is 22.0. The molecule has 0 amide bonds. The van der Waals surface area contributed by atoms with Crippen LogP contribution in [0.2, 0.25) is 0 Å². The normalized spacial score (nSPS) is 12.0. The number of benzene rings is 6. The lowest BCUT2D eigenvalue weighted by Gasteiger charge is -2.41. The molecule has 0 N–H and O–H groups in total. The van der Waals surface area contributed by atoms with Gasteiger partial charge in [0.2, 0.25) is 5.14 Å². The Balaban J connectivity index is 1.87. The van der Waals surface area contributed by atoms with Crippen molar-refractivity contribution in [2.24, 2.45) is 0 Å². The third kappa shape index (κ3) is 5.16. The smallest absolute Gasteiger partial charge is 0.0692 e. The van der Waals surface area contributed by atoms with Gasteiger partial charge in [-0.15, -0.1) is 0 Å². The topological polar surface area (TPSA) is 0 Å². The Morgan fingerprint density at radius 3 is 0.619 bits per heavy atom. The fourth-order valence-electron chi connectivity index (χ4n) is 6.19. The van der Waals surface area contributed by atoms with Crippen LogP contribution in [0.25, 0.3) is 0 Å². The molecule has 0 atom stereocenters. The zero-order valence-corrected chi connectivity index (χ0v) is 27.2. The summed E-state index contributed by atoms with van der Waals surface area (Å²) in [6, 6.07) is 66.0. The SMILES string of the molecule is ClP(Cl)C([P+](c1ccccc1)(c1ccccc1)c1ccccc1)[P+](c1ccccc1)(c1ccccc1)c1ccccc1. The highest BCUT2D eigenvalue weighted by molar-refractivity contribution is 8.26. The molecule has 6 aromatic rings. The summed E-state index contributed by atoms with van der Waals surface area (Å²) in [6.45, 7) is -1.54. The Morgan fingerprint density at radius 2 is 0.476 bits per heavy atom. The molecule has 0 aromatic heterocycles. The van der Waals surface area contributed by atoms with Gasteiger partial charge in [0.1, 0.15) is 31.8 Å². The highest BCUT2D eigenvalue weighted by atomic mass is 35.9. The van der Waals surface area contributed by atoms with Gasteiger partial charge in [0.15, 0.2) is 21.2 Å². The van der Waals surface area contributed by atoms with Crippen LogP contribution < -0.4 is 31.8 Å². The van der Waals surface area contributed by atoms with E-state index in [1.54, 1.807) is 0 Å². The molecule has 0 aliphatic heterocycles. The maximum Gasteiger partial charge on any atom is 0.240 e. The zero-order valence-electron chi connectivity index (χ0n) is 23.0. The predicted octanol–water partition coefficient (Wildman–Crippen LogP) is 9.05.